The molecule has 2 aromatic carbocycles. The second-order valence-corrected chi connectivity index (χ2v) is 7.17. The summed E-state index contributed by atoms with van der Waals surface area (Å²) >= 11 is 5.61. The van der Waals surface area contributed by atoms with Crippen LogP contribution in [0.2, 0.25) is 5.02 Å². The molecule has 0 atom stereocenters. The van der Waals surface area contributed by atoms with Crippen molar-refractivity contribution in [2.45, 2.75) is 41.0 Å². The van der Waals surface area contributed by atoms with Crippen LogP contribution in [0, 0.1) is 6.92 Å². The van der Waals surface area contributed by atoms with Gasteiger partial charge in [-0.05, 0) is 58.4 Å². The molecule has 3 rings (SSSR count). The fourth-order valence-corrected chi connectivity index (χ4v) is 2.72. The van der Waals surface area contributed by atoms with Crippen molar-refractivity contribution < 1.29 is 4.79 Å². The third-order valence-electron chi connectivity index (χ3n) is 4.43. The van der Waals surface area contributed by atoms with E-state index in [4.69, 9.17) is 11.6 Å². The predicted molar refractivity (Wildman–Crippen MR) is 130 cm³/mol. The third-order valence-corrected chi connectivity index (χ3v) is 4.68. The zero-order valence-electron chi connectivity index (χ0n) is 18.7. The van der Waals surface area contributed by atoms with Crippen LogP contribution in [0.15, 0.2) is 72.8 Å². The van der Waals surface area contributed by atoms with Crippen LogP contribution in [0.4, 0.5) is 5.82 Å². The van der Waals surface area contributed by atoms with Gasteiger partial charge in [-0.25, -0.2) is 4.98 Å². The number of pyridine rings is 1. The summed E-state index contributed by atoms with van der Waals surface area (Å²) in [7, 11) is 0. The van der Waals surface area contributed by atoms with Crippen LogP contribution in [0.25, 0.3) is 0 Å². The van der Waals surface area contributed by atoms with Crippen molar-refractivity contribution >= 4 is 23.2 Å². The molecule has 0 unspecified atom stereocenters. The molecule has 0 saturated carbocycles. The maximum atomic E-state index is 10.6. The average Bonchev–Trinajstić information content (AvgIpc) is 2.78. The van der Waals surface area contributed by atoms with E-state index in [0.717, 1.165) is 35.9 Å². The summed E-state index contributed by atoms with van der Waals surface area (Å²) in [5, 5.41) is 0.801. The molecule has 3 aromatic rings. The number of ketones is 1. The molecule has 3 nitrogen and oxygen atoms in total. The first-order chi connectivity index (χ1) is 14.4. The Bertz CT molecular complexity index is 839. The number of aryl methyl sites for hydroxylation is 2. The molecule has 1 aromatic heterocycles. The zero-order valence-corrected chi connectivity index (χ0v) is 19.5. The predicted octanol–water partition coefficient (Wildman–Crippen LogP) is 7.03. The van der Waals surface area contributed by atoms with E-state index in [1.165, 1.54) is 11.3 Å². The molecule has 0 bridgehead atoms. The highest BCUT2D eigenvalue weighted by Crippen LogP contribution is 2.11. The van der Waals surface area contributed by atoms with E-state index in [1.807, 2.05) is 61.5 Å². The van der Waals surface area contributed by atoms with Gasteiger partial charge in [0, 0.05) is 29.4 Å². The van der Waals surface area contributed by atoms with Gasteiger partial charge in [-0.15, -0.1) is 0 Å². The van der Waals surface area contributed by atoms with Crippen molar-refractivity contribution in [1.29, 1.82) is 0 Å². The Morgan fingerprint density at radius 1 is 0.867 bits per heavy atom. The Balaban J connectivity index is 0.000000234. The molecular weight excluding hydrogens is 392 g/mol. The Morgan fingerprint density at radius 3 is 1.90 bits per heavy atom. The minimum atomic E-state index is 0.121. The first-order valence-corrected chi connectivity index (χ1v) is 10.8. The van der Waals surface area contributed by atoms with Gasteiger partial charge in [-0.3, -0.25) is 4.79 Å². The van der Waals surface area contributed by atoms with Crippen LogP contribution in [-0.2, 0) is 6.42 Å². The Labute approximate surface area is 186 Å². The molecule has 0 aliphatic carbocycles. The smallest absolute Gasteiger partial charge is 0.159 e. The summed E-state index contributed by atoms with van der Waals surface area (Å²) in [4.78, 5) is 17.5. The van der Waals surface area contributed by atoms with Crippen LogP contribution in [0.1, 0.15) is 49.3 Å². The molecule has 0 aliphatic rings. The molecule has 160 valence electrons. The SMILES string of the molecule is CC(=O)c1ccccc1.CCc1cccc(N(CC)CC)n1.Cc1ccc(Cl)cc1. The quantitative estimate of drug-likeness (QED) is 0.412. The molecule has 0 saturated heterocycles. The van der Waals surface area contributed by atoms with Crippen LogP contribution in [0.5, 0.6) is 0 Å². The first-order valence-electron chi connectivity index (χ1n) is 10.4. The Kier molecular flexibility index (Phi) is 12.1. The number of Topliss-reactive ketones (excluding diaryl/α,β-unsaturated/α-hetero) is 1. The molecule has 4 heteroatoms. The molecular formula is C26H33ClN2O. The Hall–Kier alpha value is -2.65. The van der Waals surface area contributed by atoms with Crippen molar-refractivity contribution in [2.75, 3.05) is 18.0 Å². The van der Waals surface area contributed by atoms with Gasteiger partial charge in [-0.2, -0.15) is 0 Å². The van der Waals surface area contributed by atoms with Crippen molar-refractivity contribution in [1.82, 2.24) is 4.98 Å². The van der Waals surface area contributed by atoms with Gasteiger partial charge in [-0.1, -0.05) is 72.6 Å². The zero-order chi connectivity index (χ0) is 22.4. The maximum Gasteiger partial charge on any atom is 0.159 e. The molecule has 0 radical (unpaired) electrons. The minimum absolute atomic E-state index is 0.121. The van der Waals surface area contributed by atoms with E-state index in [-0.39, 0.29) is 5.78 Å². The van der Waals surface area contributed by atoms with E-state index in [0.29, 0.717) is 0 Å². The number of carbonyl (C=O) groups is 1. The monoisotopic (exact) mass is 424 g/mol. The fraction of sp³-hybridized carbons (Fsp3) is 0.308. The molecule has 30 heavy (non-hydrogen) atoms. The summed E-state index contributed by atoms with van der Waals surface area (Å²) in [6.45, 7) is 12.1. The highest BCUT2D eigenvalue weighted by Gasteiger charge is 2.02. The lowest BCUT2D eigenvalue weighted by Crippen LogP contribution is -2.23. The molecule has 0 amide bonds. The van der Waals surface area contributed by atoms with Gasteiger partial charge in [0.05, 0.1) is 0 Å². The van der Waals surface area contributed by atoms with Crippen molar-refractivity contribution in [3.05, 3.63) is 94.6 Å². The Morgan fingerprint density at radius 2 is 1.47 bits per heavy atom. The number of carbonyl (C=O) groups excluding carboxylic acids is 1. The topological polar surface area (TPSA) is 33.2 Å². The van der Waals surface area contributed by atoms with Gasteiger partial charge in [0.25, 0.3) is 0 Å². The highest BCUT2D eigenvalue weighted by molar-refractivity contribution is 6.30. The van der Waals surface area contributed by atoms with Crippen LogP contribution >= 0.6 is 11.6 Å². The largest absolute Gasteiger partial charge is 0.357 e. The summed E-state index contributed by atoms with van der Waals surface area (Å²) < 4.78 is 0. The number of hydrogen-bond acceptors (Lipinski definition) is 3. The summed E-state index contributed by atoms with van der Waals surface area (Å²) in [6, 6.07) is 23.2. The van der Waals surface area contributed by atoms with Gasteiger partial charge in [0.2, 0.25) is 0 Å². The number of aromatic nitrogens is 1. The summed E-state index contributed by atoms with van der Waals surface area (Å²) in [5.41, 5.74) is 3.19. The lowest BCUT2D eigenvalue weighted by Gasteiger charge is -2.19. The standard InChI is InChI=1S/C11H18N2.C8H8O.C7H7Cl/c1-4-10-8-7-9-11(12-10)13(5-2)6-3;1-7(9)8-5-3-2-4-6-8;1-6-2-4-7(8)5-3-6/h7-9H,4-6H2,1-3H3;2-6H,1H3;2-5H,1H3. The molecule has 1 heterocycles. The van der Waals surface area contributed by atoms with Crippen molar-refractivity contribution in [3.63, 3.8) is 0 Å². The number of benzene rings is 2. The summed E-state index contributed by atoms with van der Waals surface area (Å²) in [6.07, 6.45) is 1.01. The second kappa shape index (κ2) is 14.4. The van der Waals surface area contributed by atoms with Crippen LogP contribution in [-0.4, -0.2) is 23.9 Å². The molecule has 0 spiro atoms. The lowest BCUT2D eigenvalue weighted by molar-refractivity contribution is 0.101. The number of nitrogens with zero attached hydrogens (tertiary/aromatic N) is 2. The van der Waals surface area contributed by atoms with E-state index < -0.39 is 0 Å². The van der Waals surface area contributed by atoms with E-state index >= 15 is 0 Å². The lowest BCUT2D eigenvalue weighted by atomic mass is 10.2. The molecule has 0 fully saturated rings. The maximum absolute atomic E-state index is 10.6. The van der Waals surface area contributed by atoms with Crippen molar-refractivity contribution in [2.24, 2.45) is 0 Å². The molecule has 0 N–H and O–H groups in total. The first kappa shape index (κ1) is 25.4. The van der Waals surface area contributed by atoms with Gasteiger partial charge in [0.1, 0.15) is 5.82 Å². The van der Waals surface area contributed by atoms with Crippen molar-refractivity contribution in [3.8, 4) is 0 Å². The number of rotatable bonds is 5. The van der Waals surface area contributed by atoms with E-state index in [1.54, 1.807) is 6.92 Å². The van der Waals surface area contributed by atoms with Crippen LogP contribution in [0.3, 0.4) is 0 Å². The fourth-order valence-electron chi connectivity index (χ4n) is 2.59. The average molecular weight is 425 g/mol. The summed E-state index contributed by atoms with van der Waals surface area (Å²) in [5.74, 6) is 1.22. The number of anilines is 1. The third kappa shape index (κ3) is 9.71. The molecule has 0 aliphatic heterocycles. The normalized spacial score (nSPS) is 9.53. The van der Waals surface area contributed by atoms with Gasteiger partial charge >= 0.3 is 0 Å². The van der Waals surface area contributed by atoms with Crippen LogP contribution < -0.4 is 4.90 Å². The van der Waals surface area contributed by atoms with E-state index in [2.05, 4.69) is 48.9 Å². The van der Waals surface area contributed by atoms with Gasteiger partial charge < -0.3 is 4.90 Å². The van der Waals surface area contributed by atoms with E-state index in [9.17, 15) is 4.79 Å². The number of hydrogen-bond donors (Lipinski definition) is 0. The van der Waals surface area contributed by atoms with Gasteiger partial charge in [0.15, 0.2) is 5.78 Å². The minimum Gasteiger partial charge on any atom is -0.357 e. The highest BCUT2D eigenvalue weighted by atomic mass is 35.5. The number of halogens is 1. The second-order valence-electron chi connectivity index (χ2n) is 6.73.